The summed E-state index contributed by atoms with van der Waals surface area (Å²) in [5.74, 6) is -1.39. The van der Waals surface area contributed by atoms with Gasteiger partial charge in [-0.15, -0.1) is 0 Å². The maximum Gasteiger partial charge on any atom is 0.323 e. The molecule has 0 fully saturated rings. The maximum absolute atomic E-state index is 11.6. The van der Waals surface area contributed by atoms with Crippen LogP contribution in [-0.4, -0.2) is 40.5 Å². The molecule has 0 spiro atoms. The van der Waals surface area contributed by atoms with E-state index in [9.17, 15) is 9.59 Å². The Balaban J connectivity index is 2.80. The van der Waals surface area contributed by atoms with Crippen molar-refractivity contribution in [3.05, 3.63) is 28.5 Å². The number of aliphatic carboxylic acids is 1. The highest BCUT2D eigenvalue weighted by molar-refractivity contribution is 9.10. The van der Waals surface area contributed by atoms with Crippen molar-refractivity contribution in [3.8, 4) is 0 Å². The third-order valence-electron chi connectivity index (χ3n) is 1.69. The number of hydrogen-bond donors (Lipinski definition) is 1. The van der Waals surface area contributed by atoms with Gasteiger partial charge in [0.25, 0.3) is 5.91 Å². The summed E-state index contributed by atoms with van der Waals surface area (Å²) in [5, 5.41) is 8.52. The number of pyridine rings is 1. The van der Waals surface area contributed by atoms with Crippen LogP contribution in [0.2, 0.25) is 0 Å². The summed E-state index contributed by atoms with van der Waals surface area (Å²) >= 11 is 3.13. The molecule has 0 aliphatic rings. The number of carboxylic acids is 1. The van der Waals surface area contributed by atoms with Gasteiger partial charge in [0, 0.05) is 18.8 Å². The van der Waals surface area contributed by atoms with Crippen LogP contribution in [0.25, 0.3) is 0 Å². The van der Waals surface area contributed by atoms with E-state index < -0.39 is 5.97 Å². The van der Waals surface area contributed by atoms with Crippen LogP contribution in [0.3, 0.4) is 0 Å². The molecule has 0 radical (unpaired) electrons. The zero-order chi connectivity index (χ0) is 11.4. The van der Waals surface area contributed by atoms with Crippen LogP contribution in [0.5, 0.6) is 0 Å². The smallest absolute Gasteiger partial charge is 0.323 e. The fourth-order valence-electron chi connectivity index (χ4n) is 1.03. The minimum Gasteiger partial charge on any atom is -0.480 e. The first-order chi connectivity index (χ1) is 7.00. The van der Waals surface area contributed by atoms with E-state index in [-0.39, 0.29) is 12.5 Å². The lowest BCUT2D eigenvalue weighted by molar-refractivity contribution is -0.137. The second-order valence-electron chi connectivity index (χ2n) is 2.92. The van der Waals surface area contributed by atoms with Crippen molar-refractivity contribution in [2.75, 3.05) is 13.6 Å². The van der Waals surface area contributed by atoms with Gasteiger partial charge in [0.1, 0.15) is 11.1 Å². The van der Waals surface area contributed by atoms with Crippen molar-refractivity contribution < 1.29 is 14.7 Å². The minimum absolute atomic E-state index is 0.321. The molecule has 0 aliphatic heterocycles. The number of hydrogen-bond acceptors (Lipinski definition) is 3. The van der Waals surface area contributed by atoms with Crippen LogP contribution in [0.4, 0.5) is 0 Å². The second-order valence-corrected chi connectivity index (χ2v) is 3.73. The Bertz CT molecular complexity index is 395. The van der Waals surface area contributed by atoms with Gasteiger partial charge < -0.3 is 10.0 Å². The van der Waals surface area contributed by atoms with Crippen LogP contribution in [0.1, 0.15) is 10.4 Å². The molecule has 0 saturated carbocycles. The van der Waals surface area contributed by atoms with Crippen molar-refractivity contribution in [1.29, 1.82) is 0 Å². The Kier molecular flexibility index (Phi) is 3.79. The van der Waals surface area contributed by atoms with Crippen molar-refractivity contribution in [3.63, 3.8) is 0 Å². The summed E-state index contributed by atoms with van der Waals surface area (Å²) in [5.41, 5.74) is 0.403. The standard InChI is InChI=1S/C9H9BrN2O3/c1-12(5-8(13)14)9(15)6-2-3-11-7(10)4-6/h2-4H,5H2,1H3,(H,13,14). The highest BCUT2D eigenvalue weighted by Crippen LogP contribution is 2.09. The number of nitrogens with zero attached hydrogens (tertiary/aromatic N) is 2. The monoisotopic (exact) mass is 272 g/mol. The Hall–Kier alpha value is -1.43. The van der Waals surface area contributed by atoms with Crippen molar-refractivity contribution >= 4 is 27.8 Å². The molecule has 1 N–H and O–H groups in total. The van der Waals surface area contributed by atoms with Crippen LogP contribution < -0.4 is 0 Å². The summed E-state index contributed by atoms with van der Waals surface area (Å²) in [6.07, 6.45) is 1.48. The van der Waals surface area contributed by atoms with Gasteiger partial charge in [-0.25, -0.2) is 4.98 Å². The van der Waals surface area contributed by atoms with Gasteiger partial charge in [0.2, 0.25) is 0 Å². The Morgan fingerprint density at radius 2 is 2.27 bits per heavy atom. The van der Waals surface area contributed by atoms with E-state index in [0.717, 1.165) is 4.90 Å². The molecule has 1 aromatic heterocycles. The third-order valence-corrected chi connectivity index (χ3v) is 2.13. The molecule has 1 aromatic rings. The average molecular weight is 273 g/mol. The molecule has 80 valence electrons. The van der Waals surface area contributed by atoms with Crippen molar-refractivity contribution in [2.45, 2.75) is 0 Å². The lowest BCUT2D eigenvalue weighted by Gasteiger charge is -2.14. The van der Waals surface area contributed by atoms with Gasteiger partial charge in [-0.05, 0) is 28.1 Å². The van der Waals surface area contributed by atoms with Gasteiger partial charge in [-0.3, -0.25) is 9.59 Å². The second kappa shape index (κ2) is 4.88. The summed E-state index contributed by atoms with van der Waals surface area (Å²) in [6, 6.07) is 3.08. The van der Waals surface area contributed by atoms with Crippen LogP contribution >= 0.6 is 15.9 Å². The van der Waals surface area contributed by atoms with Crippen molar-refractivity contribution in [2.24, 2.45) is 0 Å². The zero-order valence-corrected chi connectivity index (χ0v) is 9.56. The predicted molar refractivity (Wildman–Crippen MR) is 56.5 cm³/mol. The fourth-order valence-corrected chi connectivity index (χ4v) is 1.40. The van der Waals surface area contributed by atoms with Crippen LogP contribution in [0.15, 0.2) is 22.9 Å². The van der Waals surface area contributed by atoms with E-state index >= 15 is 0 Å². The molecule has 5 nitrogen and oxygen atoms in total. The highest BCUT2D eigenvalue weighted by Gasteiger charge is 2.14. The maximum atomic E-state index is 11.6. The quantitative estimate of drug-likeness (QED) is 0.834. The molecule has 1 amide bonds. The predicted octanol–water partition coefficient (Wildman–Crippen LogP) is 1.00. The van der Waals surface area contributed by atoms with Gasteiger partial charge in [0.15, 0.2) is 0 Å². The molecule has 0 aliphatic carbocycles. The number of carbonyl (C=O) groups excluding carboxylic acids is 1. The molecule has 6 heteroatoms. The van der Waals surface area contributed by atoms with E-state index in [1.807, 2.05) is 0 Å². The topological polar surface area (TPSA) is 70.5 Å². The van der Waals surface area contributed by atoms with Crippen LogP contribution in [-0.2, 0) is 4.79 Å². The van der Waals surface area contributed by atoms with Gasteiger partial charge in [-0.2, -0.15) is 0 Å². The van der Waals surface area contributed by atoms with E-state index in [1.165, 1.54) is 19.3 Å². The number of amides is 1. The van der Waals surface area contributed by atoms with Crippen LogP contribution in [0, 0.1) is 0 Å². The molecule has 1 heterocycles. The number of halogens is 1. The first-order valence-electron chi connectivity index (χ1n) is 4.09. The van der Waals surface area contributed by atoms with E-state index in [4.69, 9.17) is 5.11 Å². The Morgan fingerprint density at radius 3 is 2.80 bits per heavy atom. The van der Waals surface area contributed by atoms with E-state index in [2.05, 4.69) is 20.9 Å². The number of aromatic nitrogens is 1. The first-order valence-corrected chi connectivity index (χ1v) is 4.89. The first kappa shape index (κ1) is 11.6. The summed E-state index contributed by atoms with van der Waals surface area (Å²) in [7, 11) is 1.44. The lowest BCUT2D eigenvalue weighted by atomic mass is 10.2. The minimum atomic E-state index is -1.04. The Labute approximate surface area is 94.9 Å². The Morgan fingerprint density at radius 1 is 1.60 bits per heavy atom. The number of carbonyl (C=O) groups is 2. The molecule has 0 atom stereocenters. The summed E-state index contributed by atoms with van der Waals surface area (Å²) in [4.78, 5) is 27.0. The van der Waals surface area contributed by atoms with Gasteiger partial charge in [0.05, 0.1) is 0 Å². The van der Waals surface area contributed by atoms with Crippen molar-refractivity contribution in [1.82, 2.24) is 9.88 Å². The number of carboxylic acid groups (broad SMARTS) is 1. The van der Waals surface area contributed by atoms with E-state index in [1.54, 1.807) is 6.07 Å². The van der Waals surface area contributed by atoms with E-state index in [0.29, 0.717) is 10.2 Å². The number of rotatable bonds is 3. The summed E-state index contributed by atoms with van der Waals surface area (Å²) < 4.78 is 0.539. The molecular formula is C9H9BrN2O3. The molecule has 0 unspecified atom stereocenters. The SMILES string of the molecule is CN(CC(=O)O)C(=O)c1ccnc(Br)c1. The highest BCUT2D eigenvalue weighted by atomic mass is 79.9. The molecular weight excluding hydrogens is 264 g/mol. The molecule has 1 rings (SSSR count). The van der Waals surface area contributed by atoms with Gasteiger partial charge in [-0.1, -0.05) is 0 Å². The normalized spacial score (nSPS) is 9.73. The molecule has 0 bridgehead atoms. The molecule has 0 saturated heterocycles. The molecule has 15 heavy (non-hydrogen) atoms. The zero-order valence-electron chi connectivity index (χ0n) is 7.98. The lowest BCUT2D eigenvalue weighted by Crippen LogP contribution is -2.31. The van der Waals surface area contributed by atoms with Gasteiger partial charge >= 0.3 is 5.97 Å². The average Bonchev–Trinajstić information content (AvgIpc) is 2.15. The largest absolute Gasteiger partial charge is 0.480 e. The fraction of sp³-hybridized carbons (Fsp3) is 0.222. The molecule has 0 aromatic carbocycles. The third kappa shape index (κ3) is 3.32. The number of likely N-dealkylation sites (N-methyl/N-ethyl adjacent to an activating group) is 1. The summed E-state index contributed by atoms with van der Waals surface area (Å²) in [6.45, 7) is -0.321.